The molecule has 2 N–H and O–H groups in total. The molecule has 3 rings (SSSR count). The molecule has 2 aromatic carbocycles. The summed E-state index contributed by atoms with van der Waals surface area (Å²) in [5.41, 5.74) is 3.87. The van der Waals surface area contributed by atoms with E-state index in [-0.39, 0.29) is 5.91 Å². The van der Waals surface area contributed by atoms with Crippen LogP contribution < -0.4 is 10.1 Å². The molecule has 3 aromatic rings. The van der Waals surface area contributed by atoms with Crippen molar-refractivity contribution in [3.8, 4) is 17.0 Å². The number of aliphatic hydroxyl groups excluding tert-OH is 1. The molecule has 0 aliphatic heterocycles. The first-order chi connectivity index (χ1) is 13.1. The van der Waals surface area contributed by atoms with E-state index in [4.69, 9.17) is 4.74 Å². The highest BCUT2D eigenvalue weighted by atomic mass is 16.5. The van der Waals surface area contributed by atoms with Crippen molar-refractivity contribution in [3.05, 3.63) is 83.6 Å². The minimum atomic E-state index is -0.582. The van der Waals surface area contributed by atoms with E-state index in [1.165, 1.54) is 0 Å². The normalized spacial score (nSPS) is 11.7. The number of nitrogens with zero attached hydrogens (tertiary/aromatic N) is 1. The number of rotatable bonds is 6. The van der Waals surface area contributed by atoms with Crippen molar-refractivity contribution in [2.45, 2.75) is 19.6 Å². The van der Waals surface area contributed by atoms with Crippen LogP contribution in [0, 0.1) is 0 Å². The fraction of sp³-hybridized carbons (Fsp3) is 0.182. The molecule has 0 spiro atoms. The van der Waals surface area contributed by atoms with Gasteiger partial charge in [0.1, 0.15) is 5.75 Å². The monoisotopic (exact) mass is 362 g/mol. The number of aromatic nitrogens is 1. The summed E-state index contributed by atoms with van der Waals surface area (Å²) in [4.78, 5) is 16.8. The third-order valence-electron chi connectivity index (χ3n) is 4.34. The van der Waals surface area contributed by atoms with E-state index in [1.807, 2.05) is 54.6 Å². The number of benzene rings is 2. The van der Waals surface area contributed by atoms with Crippen molar-refractivity contribution in [3.63, 3.8) is 0 Å². The minimum absolute atomic E-state index is 0.208. The lowest BCUT2D eigenvalue weighted by Crippen LogP contribution is -2.23. The van der Waals surface area contributed by atoms with Crippen molar-refractivity contribution in [1.82, 2.24) is 10.3 Å². The van der Waals surface area contributed by atoms with Crippen LogP contribution in [0.3, 0.4) is 0 Å². The van der Waals surface area contributed by atoms with Gasteiger partial charge in [0.2, 0.25) is 0 Å². The summed E-state index contributed by atoms with van der Waals surface area (Å²) in [7, 11) is 1.62. The Morgan fingerprint density at radius 3 is 2.67 bits per heavy atom. The number of methoxy groups -OCH3 is 1. The van der Waals surface area contributed by atoms with Gasteiger partial charge in [-0.25, -0.2) is 0 Å². The quantitative estimate of drug-likeness (QED) is 0.701. The van der Waals surface area contributed by atoms with Crippen LogP contribution in [0.2, 0.25) is 0 Å². The van der Waals surface area contributed by atoms with Gasteiger partial charge in [-0.3, -0.25) is 9.78 Å². The molecule has 0 aliphatic rings. The lowest BCUT2D eigenvalue weighted by Gasteiger charge is -2.12. The van der Waals surface area contributed by atoms with E-state index in [2.05, 4.69) is 10.3 Å². The number of aliphatic hydroxyl groups is 1. The molecule has 5 nitrogen and oxygen atoms in total. The van der Waals surface area contributed by atoms with E-state index < -0.39 is 6.10 Å². The zero-order chi connectivity index (χ0) is 19.2. The fourth-order valence-electron chi connectivity index (χ4n) is 2.86. The average molecular weight is 362 g/mol. The molecule has 138 valence electrons. The van der Waals surface area contributed by atoms with Crippen molar-refractivity contribution in [2.24, 2.45) is 0 Å². The number of carbonyl (C=O) groups is 1. The van der Waals surface area contributed by atoms with Crippen LogP contribution >= 0.6 is 0 Å². The average Bonchev–Trinajstić information content (AvgIpc) is 2.72. The Labute approximate surface area is 158 Å². The number of carbonyl (C=O) groups excluding carboxylic acids is 1. The molecular formula is C22H22N2O3. The van der Waals surface area contributed by atoms with Crippen molar-refractivity contribution < 1.29 is 14.6 Å². The first-order valence-corrected chi connectivity index (χ1v) is 8.73. The zero-order valence-corrected chi connectivity index (χ0v) is 15.3. The standard InChI is InChI=1S/C22H22N2O3/c1-15(25)20-9-4-3-6-17(20)13-24-22(26)18-10-11-21(23-14-18)16-7-5-8-19(12-16)27-2/h3-12,14-15,25H,13H2,1-2H3,(H,24,26). The van der Waals surface area contributed by atoms with E-state index in [0.29, 0.717) is 12.1 Å². The number of nitrogens with one attached hydrogen (secondary N) is 1. The molecule has 0 saturated carbocycles. The van der Waals surface area contributed by atoms with Crippen molar-refractivity contribution in [2.75, 3.05) is 7.11 Å². The summed E-state index contributed by atoms with van der Waals surface area (Å²) < 4.78 is 5.23. The molecule has 0 fully saturated rings. The van der Waals surface area contributed by atoms with Gasteiger partial charge in [0.25, 0.3) is 5.91 Å². The van der Waals surface area contributed by atoms with Gasteiger partial charge in [-0.2, -0.15) is 0 Å². The lowest BCUT2D eigenvalue weighted by atomic mass is 10.0. The van der Waals surface area contributed by atoms with Crippen molar-refractivity contribution in [1.29, 1.82) is 0 Å². The van der Waals surface area contributed by atoms with Gasteiger partial charge < -0.3 is 15.2 Å². The van der Waals surface area contributed by atoms with Crippen LogP contribution in [0.5, 0.6) is 5.75 Å². The molecule has 0 bridgehead atoms. The highest BCUT2D eigenvalue weighted by molar-refractivity contribution is 5.94. The zero-order valence-electron chi connectivity index (χ0n) is 15.3. The molecule has 1 aromatic heterocycles. The largest absolute Gasteiger partial charge is 0.497 e. The Morgan fingerprint density at radius 2 is 1.96 bits per heavy atom. The van der Waals surface area contributed by atoms with Gasteiger partial charge in [-0.15, -0.1) is 0 Å². The van der Waals surface area contributed by atoms with Crippen LogP contribution in [0.25, 0.3) is 11.3 Å². The number of amides is 1. The first kappa shape index (κ1) is 18.6. The third-order valence-corrected chi connectivity index (χ3v) is 4.34. The van der Waals surface area contributed by atoms with Gasteiger partial charge in [0.05, 0.1) is 24.5 Å². The van der Waals surface area contributed by atoms with Crippen LogP contribution in [-0.2, 0) is 6.54 Å². The second kappa shape index (κ2) is 8.47. The minimum Gasteiger partial charge on any atom is -0.497 e. The predicted molar refractivity (Wildman–Crippen MR) is 104 cm³/mol. The Morgan fingerprint density at radius 1 is 1.15 bits per heavy atom. The molecule has 1 atom stereocenters. The summed E-state index contributed by atoms with van der Waals surface area (Å²) in [6.07, 6.45) is 0.979. The fourth-order valence-corrected chi connectivity index (χ4v) is 2.86. The number of pyridine rings is 1. The highest BCUT2D eigenvalue weighted by Crippen LogP contribution is 2.22. The molecule has 1 amide bonds. The van der Waals surface area contributed by atoms with Crippen molar-refractivity contribution >= 4 is 5.91 Å². The SMILES string of the molecule is COc1cccc(-c2ccc(C(=O)NCc3ccccc3C(C)O)cn2)c1. The topological polar surface area (TPSA) is 71.5 Å². The summed E-state index contributed by atoms with van der Waals surface area (Å²) in [6, 6.07) is 18.7. The summed E-state index contributed by atoms with van der Waals surface area (Å²) in [5, 5.41) is 12.7. The van der Waals surface area contributed by atoms with E-state index >= 15 is 0 Å². The molecule has 0 radical (unpaired) electrons. The first-order valence-electron chi connectivity index (χ1n) is 8.73. The molecule has 1 unspecified atom stereocenters. The number of ether oxygens (including phenoxy) is 1. The Bertz CT molecular complexity index is 921. The second-order valence-electron chi connectivity index (χ2n) is 6.22. The molecule has 1 heterocycles. The van der Waals surface area contributed by atoms with Gasteiger partial charge in [-0.1, -0.05) is 36.4 Å². The molecular weight excluding hydrogens is 340 g/mol. The lowest BCUT2D eigenvalue weighted by molar-refractivity contribution is 0.0950. The number of hydrogen-bond acceptors (Lipinski definition) is 4. The van der Waals surface area contributed by atoms with E-state index in [1.54, 1.807) is 26.3 Å². The van der Waals surface area contributed by atoms with Crippen LogP contribution in [0.4, 0.5) is 0 Å². The van der Waals surface area contributed by atoms with Gasteiger partial charge in [-0.05, 0) is 42.3 Å². The maximum atomic E-state index is 12.4. The molecule has 5 heteroatoms. The second-order valence-corrected chi connectivity index (χ2v) is 6.22. The van der Waals surface area contributed by atoms with Crippen LogP contribution in [0.15, 0.2) is 66.9 Å². The maximum Gasteiger partial charge on any atom is 0.253 e. The Balaban J connectivity index is 1.69. The third kappa shape index (κ3) is 4.51. The summed E-state index contributed by atoms with van der Waals surface area (Å²) in [5.74, 6) is 0.549. The molecule has 27 heavy (non-hydrogen) atoms. The van der Waals surface area contributed by atoms with Gasteiger partial charge >= 0.3 is 0 Å². The number of hydrogen-bond donors (Lipinski definition) is 2. The van der Waals surface area contributed by atoms with E-state index in [9.17, 15) is 9.90 Å². The van der Waals surface area contributed by atoms with Crippen LogP contribution in [-0.4, -0.2) is 23.1 Å². The Hall–Kier alpha value is -3.18. The van der Waals surface area contributed by atoms with Gasteiger partial charge in [0.15, 0.2) is 0 Å². The summed E-state index contributed by atoms with van der Waals surface area (Å²) in [6.45, 7) is 2.05. The highest BCUT2D eigenvalue weighted by Gasteiger charge is 2.10. The smallest absolute Gasteiger partial charge is 0.253 e. The van der Waals surface area contributed by atoms with E-state index in [0.717, 1.165) is 28.1 Å². The van der Waals surface area contributed by atoms with Crippen LogP contribution in [0.1, 0.15) is 34.5 Å². The molecule has 0 saturated heterocycles. The maximum absolute atomic E-state index is 12.4. The predicted octanol–water partition coefficient (Wildman–Crippen LogP) is 3.74. The Kier molecular flexibility index (Phi) is 5.84. The van der Waals surface area contributed by atoms with Gasteiger partial charge in [0, 0.05) is 18.3 Å². The molecule has 0 aliphatic carbocycles. The summed E-state index contributed by atoms with van der Waals surface area (Å²) >= 11 is 0.